The molecular weight excluding hydrogens is 571 g/mol. The number of hydrogen-bond donors (Lipinski definition) is 0. The van der Waals surface area contributed by atoms with Crippen LogP contribution in [0.15, 0.2) is 96.6 Å². The van der Waals surface area contributed by atoms with Gasteiger partial charge in [0.2, 0.25) is 0 Å². The van der Waals surface area contributed by atoms with E-state index in [0.717, 1.165) is 12.8 Å². The van der Waals surface area contributed by atoms with Crippen LogP contribution in [0, 0.1) is 6.92 Å². The summed E-state index contributed by atoms with van der Waals surface area (Å²) in [5.74, 6) is 0. The first kappa shape index (κ1) is 41.6. The van der Waals surface area contributed by atoms with Gasteiger partial charge in [0.05, 0.1) is 0 Å². The lowest BCUT2D eigenvalue weighted by atomic mass is 9.86. The number of rotatable bonds is 16. The Hall–Kier alpha value is -2.43. The van der Waals surface area contributed by atoms with Crippen LogP contribution in [0.3, 0.4) is 0 Å². The molecule has 1 aliphatic rings. The summed E-state index contributed by atoms with van der Waals surface area (Å²) < 4.78 is 0. The second-order valence-electron chi connectivity index (χ2n) is 13.2. The fourth-order valence-corrected chi connectivity index (χ4v) is 7.06. The highest BCUT2D eigenvalue weighted by Gasteiger charge is 2.20. The van der Waals surface area contributed by atoms with E-state index < -0.39 is 0 Å². The van der Waals surface area contributed by atoms with E-state index in [0.29, 0.717) is 7.92 Å². The summed E-state index contributed by atoms with van der Waals surface area (Å²) in [6.45, 7) is 25.2. The number of aryl methyl sites for hydroxylation is 4. The Kier molecular flexibility index (Phi) is 23.2. The topological polar surface area (TPSA) is 0 Å². The van der Waals surface area contributed by atoms with Crippen molar-refractivity contribution in [2.75, 3.05) is 19.5 Å². The number of fused-ring (bicyclic) bond motifs is 1. The van der Waals surface area contributed by atoms with E-state index in [1.807, 2.05) is 13.0 Å². The van der Waals surface area contributed by atoms with Crippen molar-refractivity contribution in [3.05, 3.63) is 124 Å². The summed E-state index contributed by atoms with van der Waals surface area (Å²) in [4.78, 5) is 0. The van der Waals surface area contributed by atoms with Crippen molar-refractivity contribution in [3.8, 4) is 0 Å². The number of hydrogen-bond acceptors (Lipinski definition) is 0. The Balaban J connectivity index is 0.000000434. The second kappa shape index (κ2) is 25.6. The van der Waals surface area contributed by atoms with Gasteiger partial charge in [-0.3, -0.25) is 0 Å². The molecule has 0 atom stereocenters. The average molecular weight is 641 g/mol. The summed E-state index contributed by atoms with van der Waals surface area (Å²) in [5.41, 5.74) is 13.5. The Morgan fingerprint density at radius 2 is 1.35 bits per heavy atom. The Morgan fingerprint density at radius 1 is 0.761 bits per heavy atom. The van der Waals surface area contributed by atoms with Crippen LogP contribution in [0.5, 0.6) is 0 Å². The van der Waals surface area contributed by atoms with Crippen LogP contribution in [0.1, 0.15) is 133 Å². The van der Waals surface area contributed by atoms with Gasteiger partial charge in [-0.05, 0) is 137 Å². The zero-order valence-electron chi connectivity index (χ0n) is 31.3. The molecule has 0 spiro atoms. The molecular formula is C45H69P. The first-order valence-corrected chi connectivity index (χ1v) is 20.8. The predicted molar refractivity (Wildman–Crippen MR) is 215 cm³/mol. The van der Waals surface area contributed by atoms with E-state index in [2.05, 4.69) is 116 Å². The van der Waals surface area contributed by atoms with Crippen LogP contribution in [0.25, 0.3) is 5.57 Å². The molecule has 0 fully saturated rings. The normalized spacial score (nSPS) is 12.6. The van der Waals surface area contributed by atoms with E-state index in [1.54, 1.807) is 11.6 Å². The van der Waals surface area contributed by atoms with Crippen molar-refractivity contribution in [3.63, 3.8) is 0 Å². The minimum absolute atomic E-state index is 0.304. The molecule has 2 aromatic rings. The quantitative estimate of drug-likeness (QED) is 0.0741. The fourth-order valence-electron chi connectivity index (χ4n) is 6.20. The van der Waals surface area contributed by atoms with Crippen LogP contribution in [-0.4, -0.2) is 19.5 Å². The lowest BCUT2D eigenvalue weighted by Crippen LogP contribution is -1.98. The van der Waals surface area contributed by atoms with E-state index in [9.17, 15) is 0 Å². The molecule has 0 bridgehead atoms. The van der Waals surface area contributed by atoms with Gasteiger partial charge in [0.1, 0.15) is 0 Å². The summed E-state index contributed by atoms with van der Waals surface area (Å²) in [6, 6.07) is 16.4. The van der Waals surface area contributed by atoms with Gasteiger partial charge in [-0.25, -0.2) is 0 Å². The SMILES string of the molecule is C=C/C=C\C1=C(C)C(=C(CCC)CCC)c2ccc(C)cc2CC1.C=CC.CCCCCCc1ccc(CCCCP(C)C)cc1. The summed E-state index contributed by atoms with van der Waals surface area (Å²) in [5, 5.41) is 0. The zero-order chi connectivity index (χ0) is 34.2. The van der Waals surface area contributed by atoms with Gasteiger partial charge >= 0.3 is 0 Å². The lowest BCUT2D eigenvalue weighted by Gasteiger charge is -2.18. The third-order valence-electron chi connectivity index (χ3n) is 8.60. The largest absolute Gasteiger partial charge is 0.113 e. The monoisotopic (exact) mass is 641 g/mol. The highest BCUT2D eigenvalue weighted by atomic mass is 31.1. The van der Waals surface area contributed by atoms with Crippen molar-refractivity contribution < 1.29 is 0 Å². The molecule has 0 N–H and O–H groups in total. The van der Waals surface area contributed by atoms with Crippen molar-refractivity contribution in [2.24, 2.45) is 0 Å². The molecule has 0 unspecified atom stereocenters. The predicted octanol–water partition coefficient (Wildman–Crippen LogP) is 14.4. The Morgan fingerprint density at radius 3 is 1.87 bits per heavy atom. The summed E-state index contributed by atoms with van der Waals surface area (Å²) in [7, 11) is 0.304. The highest BCUT2D eigenvalue weighted by Crippen LogP contribution is 2.39. The van der Waals surface area contributed by atoms with Gasteiger partial charge in [-0.15, -0.1) is 14.5 Å². The number of benzene rings is 2. The van der Waals surface area contributed by atoms with Crippen molar-refractivity contribution in [1.29, 1.82) is 0 Å². The van der Waals surface area contributed by atoms with Gasteiger partial charge < -0.3 is 0 Å². The molecule has 3 rings (SSSR count). The maximum Gasteiger partial charge on any atom is -0.0149 e. The second-order valence-corrected chi connectivity index (χ2v) is 15.8. The average Bonchev–Trinajstić information content (AvgIpc) is 3.17. The number of unbranched alkanes of at least 4 members (excludes halogenated alkanes) is 4. The van der Waals surface area contributed by atoms with Gasteiger partial charge in [-0.1, -0.05) is 137 Å². The minimum Gasteiger partial charge on any atom is -0.113 e. The molecule has 0 saturated carbocycles. The first-order valence-electron chi connectivity index (χ1n) is 18.4. The summed E-state index contributed by atoms with van der Waals surface area (Å²) >= 11 is 0. The molecule has 0 radical (unpaired) electrons. The Bertz CT molecular complexity index is 1210. The molecule has 0 amide bonds. The number of allylic oxidation sites excluding steroid dienone is 8. The van der Waals surface area contributed by atoms with E-state index >= 15 is 0 Å². The molecule has 0 saturated heterocycles. The molecule has 1 heteroatoms. The van der Waals surface area contributed by atoms with Crippen LogP contribution < -0.4 is 0 Å². The maximum absolute atomic E-state index is 3.84. The maximum atomic E-state index is 3.84. The molecule has 1 aliphatic carbocycles. The van der Waals surface area contributed by atoms with Crippen LogP contribution in [-0.2, 0) is 19.3 Å². The first-order chi connectivity index (χ1) is 22.3. The van der Waals surface area contributed by atoms with Gasteiger partial charge in [0, 0.05) is 0 Å². The highest BCUT2D eigenvalue weighted by molar-refractivity contribution is 7.55. The molecule has 0 aliphatic heterocycles. The van der Waals surface area contributed by atoms with Gasteiger partial charge in [0.25, 0.3) is 0 Å². The summed E-state index contributed by atoms with van der Waals surface area (Å²) in [6.07, 6.45) is 27.2. The molecule has 0 nitrogen and oxygen atoms in total. The van der Waals surface area contributed by atoms with Gasteiger partial charge in [0.15, 0.2) is 0 Å². The van der Waals surface area contributed by atoms with Gasteiger partial charge in [-0.2, -0.15) is 0 Å². The third kappa shape index (κ3) is 16.4. The molecule has 46 heavy (non-hydrogen) atoms. The van der Waals surface area contributed by atoms with Crippen molar-refractivity contribution >= 4 is 13.5 Å². The molecule has 0 aromatic heterocycles. The van der Waals surface area contributed by atoms with E-state index in [-0.39, 0.29) is 0 Å². The molecule has 2 aromatic carbocycles. The van der Waals surface area contributed by atoms with E-state index in [1.165, 1.54) is 128 Å². The zero-order valence-corrected chi connectivity index (χ0v) is 32.2. The molecule has 254 valence electrons. The Labute approximate surface area is 288 Å². The van der Waals surface area contributed by atoms with Crippen molar-refractivity contribution in [2.45, 2.75) is 131 Å². The van der Waals surface area contributed by atoms with Crippen LogP contribution in [0.4, 0.5) is 0 Å². The smallest absolute Gasteiger partial charge is 0.0149 e. The standard InChI is InChI=1S/C24H32.C18H31P.C3H6/c1-6-9-12-20-14-15-22-17-18(4)13-16-23(22)24(19(20)5)21(10-7-2)11-8-3;1-4-5-6-7-10-17-12-14-18(15-13-17)11-8-9-16-19(2)3;1-3-2/h6,9,12-13,16-17H,1,7-8,10-11,14-15H2,2-5H3;12-15H,4-11,16H2,1-3H3;3H,1H2,2H3/b12-9-;;. The van der Waals surface area contributed by atoms with Crippen LogP contribution in [0.2, 0.25) is 0 Å². The van der Waals surface area contributed by atoms with E-state index in [4.69, 9.17) is 0 Å². The third-order valence-corrected chi connectivity index (χ3v) is 9.81. The molecule has 0 heterocycles. The lowest BCUT2D eigenvalue weighted by molar-refractivity contribution is 0.666. The fraction of sp³-hybridized carbons (Fsp3) is 0.511. The minimum atomic E-state index is 0.304. The van der Waals surface area contributed by atoms with Crippen LogP contribution >= 0.6 is 7.92 Å². The van der Waals surface area contributed by atoms with Crippen molar-refractivity contribution in [1.82, 2.24) is 0 Å².